The van der Waals surface area contributed by atoms with Crippen LogP contribution >= 0.6 is 0 Å². The third kappa shape index (κ3) is 5.35. The summed E-state index contributed by atoms with van der Waals surface area (Å²) >= 11 is 0. The molecule has 9 aromatic carbocycles. The lowest BCUT2D eigenvalue weighted by Crippen LogP contribution is -2.09. The zero-order chi connectivity index (χ0) is 41.4. The molecule has 0 saturated heterocycles. The lowest BCUT2D eigenvalue weighted by molar-refractivity contribution is 0.950. The van der Waals surface area contributed by atoms with E-state index in [1.165, 1.54) is 21.5 Å². The summed E-state index contributed by atoms with van der Waals surface area (Å²) in [6, 6.07) is 77.2. The molecule has 63 heavy (non-hydrogen) atoms. The predicted molar refractivity (Wildman–Crippen MR) is 259 cm³/mol. The van der Waals surface area contributed by atoms with Crippen molar-refractivity contribution in [1.82, 2.24) is 28.7 Å². The van der Waals surface area contributed by atoms with Gasteiger partial charge in [0.05, 0.1) is 44.5 Å². The van der Waals surface area contributed by atoms with Gasteiger partial charge in [-0.2, -0.15) is 9.97 Å². The molecule has 0 unspecified atom stereocenters. The number of nitrogens with zero attached hydrogens (tertiary/aromatic N) is 6. The van der Waals surface area contributed by atoms with E-state index in [0.29, 0.717) is 17.6 Å². The molecule has 0 saturated carbocycles. The second-order valence-corrected chi connectivity index (χ2v) is 16.0. The highest BCUT2D eigenvalue weighted by atomic mass is 15.2. The summed E-state index contributed by atoms with van der Waals surface area (Å²) in [6.45, 7) is 0. The van der Waals surface area contributed by atoms with Crippen molar-refractivity contribution in [2.45, 2.75) is 0 Å². The summed E-state index contributed by atoms with van der Waals surface area (Å²) in [4.78, 5) is 16.6. The van der Waals surface area contributed by atoms with Crippen LogP contribution in [0.4, 0.5) is 0 Å². The van der Waals surface area contributed by atoms with Crippen molar-refractivity contribution in [3.05, 3.63) is 218 Å². The first-order chi connectivity index (χ1) is 31.3. The van der Waals surface area contributed by atoms with E-state index in [0.717, 1.165) is 77.5 Å². The van der Waals surface area contributed by atoms with Crippen LogP contribution in [0.3, 0.4) is 0 Å². The van der Waals surface area contributed by atoms with E-state index < -0.39 is 0 Å². The SMILES string of the molecule is c1ccc(-c2cccc(-c3nc(-c4ccccc4-n4c5ccccc5c5ccccc54)nc(-n4c5ccccc5c5ccccc54)n3)c2-n2c3ccccc3c3ccccc32)cc1. The van der Waals surface area contributed by atoms with Gasteiger partial charge in [-0.25, -0.2) is 4.98 Å². The van der Waals surface area contributed by atoms with Gasteiger partial charge in [-0.1, -0.05) is 164 Å². The Kier molecular flexibility index (Phi) is 7.80. The van der Waals surface area contributed by atoms with Gasteiger partial charge in [-0.15, -0.1) is 0 Å². The third-order valence-corrected chi connectivity index (χ3v) is 12.5. The van der Waals surface area contributed by atoms with Crippen LogP contribution in [0, 0.1) is 0 Å². The lowest BCUT2D eigenvalue weighted by atomic mass is 9.99. The Bertz CT molecular complexity index is 3770. The number of hydrogen-bond donors (Lipinski definition) is 0. The first kappa shape index (κ1) is 35.2. The average molecular weight is 805 g/mol. The number of aromatic nitrogens is 6. The Labute approximate surface area is 362 Å². The Morgan fingerprint density at radius 3 is 1.13 bits per heavy atom. The van der Waals surface area contributed by atoms with E-state index in [4.69, 9.17) is 15.0 Å². The zero-order valence-corrected chi connectivity index (χ0v) is 34.0. The maximum atomic E-state index is 5.58. The summed E-state index contributed by atoms with van der Waals surface area (Å²) in [5.41, 5.74) is 12.5. The number of para-hydroxylation sites is 8. The molecule has 0 atom stereocenters. The molecular weight excluding hydrogens is 769 g/mol. The minimum absolute atomic E-state index is 0.544. The highest BCUT2D eigenvalue weighted by Crippen LogP contribution is 2.42. The Hall–Kier alpha value is -8.61. The first-order valence-electron chi connectivity index (χ1n) is 21.3. The third-order valence-electron chi connectivity index (χ3n) is 12.5. The molecule has 13 aromatic rings. The van der Waals surface area contributed by atoms with Crippen molar-refractivity contribution in [3.8, 4) is 51.2 Å². The van der Waals surface area contributed by atoms with Crippen molar-refractivity contribution < 1.29 is 0 Å². The molecule has 6 nitrogen and oxygen atoms in total. The molecular formula is C57H36N6. The molecule has 0 spiro atoms. The van der Waals surface area contributed by atoms with Crippen LogP contribution in [-0.4, -0.2) is 28.7 Å². The Morgan fingerprint density at radius 2 is 0.619 bits per heavy atom. The molecule has 294 valence electrons. The molecule has 0 aliphatic carbocycles. The van der Waals surface area contributed by atoms with Crippen LogP contribution in [-0.2, 0) is 0 Å². The Balaban J connectivity index is 1.16. The van der Waals surface area contributed by atoms with Crippen molar-refractivity contribution in [3.63, 3.8) is 0 Å². The van der Waals surface area contributed by atoms with Crippen LogP contribution in [0.5, 0.6) is 0 Å². The highest BCUT2D eigenvalue weighted by Gasteiger charge is 2.25. The number of benzene rings is 9. The van der Waals surface area contributed by atoms with Crippen molar-refractivity contribution >= 4 is 65.4 Å². The van der Waals surface area contributed by atoms with Gasteiger partial charge in [0.2, 0.25) is 5.95 Å². The van der Waals surface area contributed by atoms with Gasteiger partial charge in [-0.05, 0) is 60.2 Å². The molecule has 13 rings (SSSR count). The molecule has 0 aliphatic rings. The van der Waals surface area contributed by atoms with E-state index in [1.807, 2.05) is 0 Å². The quantitative estimate of drug-likeness (QED) is 0.168. The van der Waals surface area contributed by atoms with Crippen molar-refractivity contribution in [1.29, 1.82) is 0 Å². The summed E-state index contributed by atoms with van der Waals surface area (Å²) in [5.74, 6) is 1.69. The number of rotatable bonds is 6. The van der Waals surface area contributed by atoms with E-state index >= 15 is 0 Å². The fourth-order valence-electron chi connectivity index (χ4n) is 9.86. The highest BCUT2D eigenvalue weighted by molar-refractivity contribution is 6.12. The fraction of sp³-hybridized carbons (Fsp3) is 0. The van der Waals surface area contributed by atoms with Crippen LogP contribution in [0.2, 0.25) is 0 Å². The summed E-state index contributed by atoms with van der Waals surface area (Å²) in [6.07, 6.45) is 0. The van der Waals surface area contributed by atoms with E-state index in [1.54, 1.807) is 0 Å². The van der Waals surface area contributed by atoms with Gasteiger partial charge in [0.15, 0.2) is 11.6 Å². The van der Waals surface area contributed by atoms with E-state index in [-0.39, 0.29) is 0 Å². The zero-order valence-electron chi connectivity index (χ0n) is 34.0. The Morgan fingerprint density at radius 1 is 0.254 bits per heavy atom. The topological polar surface area (TPSA) is 53.5 Å². The van der Waals surface area contributed by atoms with Crippen molar-refractivity contribution in [2.75, 3.05) is 0 Å². The maximum Gasteiger partial charge on any atom is 0.238 e. The largest absolute Gasteiger partial charge is 0.309 e. The molecule has 4 heterocycles. The van der Waals surface area contributed by atoms with Gasteiger partial charge in [0.1, 0.15) is 0 Å². The summed E-state index contributed by atoms with van der Waals surface area (Å²) in [7, 11) is 0. The predicted octanol–water partition coefficient (Wildman–Crippen LogP) is 14.2. The molecule has 0 amide bonds. The summed E-state index contributed by atoms with van der Waals surface area (Å²) < 4.78 is 6.95. The van der Waals surface area contributed by atoms with E-state index in [9.17, 15) is 0 Å². The molecule has 6 heteroatoms. The first-order valence-corrected chi connectivity index (χ1v) is 21.3. The van der Waals surface area contributed by atoms with Crippen LogP contribution in [0.25, 0.3) is 117 Å². The standard InChI is InChI=1S/C57H36N6/c1-2-19-37(20-3-1)38-28-18-29-46(54(38)62-49-32-13-6-23-41(49)42-24-7-14-33-50(42)62)56-58-55(59-57(60-56)63-51-34-15-8-25-43(51)44-26-9-16-35-52(44)63)45-27-10-17-36-53(45)61-47-30-11-4-21-39(47)40-22-5-12-31-48(40)61/h1-36H. The molecule has 0 radical (unpaired) electrons. The van der Waals surface area contributed by atoms with Gasteiger partial charge in [-0.3, -0.25) is 4.57 Å². The van der Waals surface area contributed by atoms with Gasteiger partial charge in [0, 0.05) is 49.0 Å². The smallest absolute Gasteiger partial charge is 0.238 e. The van der Waals surface area contributed by atoms with Gasteiger partial charge >= 0.3 is 0 Å². The van der Waals surface area contributed by atoms with Gasteiger partial charge < -0.3 is 9.13 Å². The summed E-state index contributed by atoms with van der Waals surface area (Å²) in [5, 5.41) is 7.03. The maximum absolute atomic E-state index is 5.58. The number of hydrogen-bond acceptors (Lipinski definition) is 3. The molecule has 4 aromatic heterocycles. The molecule has 0 bridgehead atoms. The molecule has 0 aliphatic heterocycles. The molecule has 0 fully saturated rings. The molecule has 0 N–H and O–H groups in total. The second kappa shape index (κ2) is 14.0. The van der Waals surface area contributed by atoms with Crippen LogP contribution < -0.4 is 0 Å². The average Bonchev–Trinajstić information content (AvgIpc) is 4.00. The van der Waals surface area contributed by atoms with Crippen LogP contribution in [0.1, 0.15) is 0 Å². The van der Waals surface area contributed by atoms with Gasteiger partial charge in [0.25, 0.3) is 0 Å². The minimum Gasteiger partial charge on any atom is -0.309 e. The minimum atomic E-state index is 0.544. The van der Waals surface area contributed by atoms with E-state index in [2.05, 4.69) is 232 Å². The monoisotopic (exact) mass is 804 g/mol. The fourth-order valence-corrected chi connectivity index (χ4v) is 9.86. The van der Waals surface area contributed by atoms with Crippen molar-refractivity contribution in [2.24, 2.45) is 0 Å². The normalized spacial score (nSPS) is 11.8. The van der Waals surface area contributed by atoms with Crippen LogP contribution in [0.15, 0.2) is 218 Å². The second-order valence-electron chi connectivity index (χ2n) is 16.0. The number of fused-ring (bicyclic) bond motifs is 9. The lowest BCUT2D eigenvalue weighted by Gasteiger charge is -2.19.